The van der Waals surface area contributed by atoms with E-state index in [0.29, 0.717) is 5.92 Å². The highest BCUT2D eigenvalue weighted by atomic mass is 127. The monoisotopic (exact) mass is 332 g/mol. The number of halogens is 1. The van der Waals surface area contributed by atoms with Gasteiger partial charge in [0.25, 0.3) is 0 Å². The molecule has 0 aliphatic carbocycles. The maximum absolute atomic E-state index is 11.7. The Kier molecular flexibility index (Phi) is 5.05. The van der Waals surface area contributed by atoms with Crippen molar-refractivity contribution in [2.24, 2.45) is 5.92 Å². The zero-order chi connectivity index (χ0) is 12.1. The summed E-state index contributed by atoms with van der Waals surface area (Å²) in [6.07, 6.45) is 0. The van der Waals surface area contributed by atoms with Crippen LogP contribution in [0.1, 0.15) is 20.8 Å². The Morgan fingerprint density at radius 1 is 1.25 bits per heavy atom. The molecule has 0 fully saturated rings. The Bertz CT molecular complexity index is 366. The van der Waals surface area contributed by atoms with Crippen LogP contribution < -0.4 is 10.6 Å². The van der Waals surface area contributed by atoms with Crippen molar-refractivity contribution in [2.45, 2.75) is 26.8 Å². The van der Waals surface area contributed by atoms with E-state index in [1.807, 2.05) is 31.2 Å². The molecular weight excluding hydrogens is 315 g/mol. The number of anilines is 1. The number of carbonyl (C=O) groups is 1. The maximum Gasteiger partial charge on any atom is 0.319 e. The molecule has 0 spiro atoms. The maximum atomic E-state index is 11.7. The molecule has 0 aromatic heterocycles. The van der Waals surface area contributed by atoms with Crippen molar-refractivity contribution in [1.29, 1.82) is 0 Å². The summed E-state index contributed by atoms with van der Waals surface area (Å²) in [4.78, 5) is 11.7. The van der Waals surface area contributed by atoms with Crippen LogP contribution >= 0.6 is 22.6 Å². The van der Waals surface area contributed by atoms with E-state index in [0.717, 1.165) is 9.26 Å². The average Bonchev–Trinajstić information content (AvgIpc) is 2.21. The zero-order valence-electron chi connectivity index (χ0n) is 9.75. The van der Waals surface area contributed by atoms with E-state index in [2.05, 4.69) is 47.1 Å². The third-order valence-corrected chi connectivity index (χ3v) is 3.42. The van der Waals surface area contributed by atoms with Gasteiger partial charge in [-0.1, -0.05) is 26.0 Å². The van der Waals surface area contributed by atoms with Crippen LogP contribution in [0.3, 0.4) is 0 Å². The van der Waals surface area contributed by atoms with Crippen LogP contribution in [0.25, 0.3) is 0 Å². The number of urea groups is 1. The SMILES string of the molecule is CC(C)C(C)NC(=O)Nc1ccccc1I. The van der Waals surface area contributed by atoms with Crippen LogP contribution in [-0.4, -0.2) is 12.1 Å². The highest BCUT2D eigenvalue weighted by Gasteiger charge is 2.11. The summed E-state index contributed by atoms with van der Waals surface area (Å²) < 4.78 is 1.03. The molecule has 3 nitrogen and oxygen atoms in total. The van der Waals surface area contributed by atoms with Gasteiger partial charge < -0.3 is 10.6 Å². The highest BCUT2D eigenvalue weighted by Crippen LogP contribution is 2.16. The van der Waals surface area contributed by atoms with Crippen molar-refractivity contribution in [2.75, 3.05) is 5.32 Å². The van der Waals surface area contributed by atoms with E-state index < -0.39 is 0 Å². The van der Waals surface area contributed by atoms with Crippen molar-refractivity contribution in [3.05, 3.63) is 27.8 Å². The summed E-state index contributed by atoms with van der Waals surface area (Å²) >= 11 is 2.20. The number of para-hydroxylation sites is 1. The predicted molar refractivity (Wildman–Crippen MR) is 75.6 cm³/mol. The molecule has 0 radical (unpaired) electrons. The van der Waals surface area contributed by atoms with E-state index in [4.69, 9.17) is 0 Å². The van der Waals surface area contributed by atoms with Gasteiger partial charge in [0.2, 0.25) is 0 Å². The molecule has 1 unspecified atom stereocenters. The van der Waals surface area contributed by atoms with Gasteiger partial charge in [0.05, 0.1) is 5.69 Å². The third-order valence-electron chi connectivity index (χ3n) is 2.48. The first kappa shape index (κ1) is 13.3. The summed E-state index contributed by atoms with van der Waals surface area (Å²) in [6, 6.07) is 7.72. The fraction of sp³-hybridized carbons (Fsp3) is 0.417. The summed E-state index contributed by atoms with van der Waals surface area (Å²) in [5.74, 6) is 0.431. The normalized spacial score (nSPS) is 12.3. The van der Waals surface area contributed by atoms with E-state index in [1.54, 1.807) is 0 Å². The van der Waals surface area contributed by atoms with Gasteiger partial charge in [-0.2, -0.15) is 0 Å². The van der Waals surface area contributed by atoms with Crippen molar-refractivity contribution < 1.29 is 4.79 Å². The minimum atomic E-state index is -0.148. The van der Waals surface area contributed by atoms with Crippen LogP contribution in [-0.2, 0) is 0 Å². The molecule has 2 N–H and O–H groups in total. The molecule has 1 aromatic rings. The molecule has 88 valence electrons. The molecule has 1 atom stereocenters. The third kappa shape index (κ3) is 4.00. The average molecular weight is 332 g/mol. The highest BCUT2D eigenvalue weighted by molar-refractivity contribution is 14.1. The van der Waals surface area contributed by atoms with Gasteiger partial charge in [-0.15, -0.1) is 0 Å². The molecule has 0 saturated heterocycles. The van der Waals surface area contributed by atoms with Gasteiger partial charge in [-0.05, 0) is 47.6 Å². The Balaban J connectivity index is 2.55. The Hall–Kier alpha value is -0.780. The molecule has 2 amide bonds. The smallest absolute Gasteiger partial charge is 0.319 e. The lowest BCUT2D eigenvalue weighted by Crippen LogP contribution is -2.39. The van der Waals surface area contributed by atoms with E-state index in [-0.39, 0.29) is 12.1 Å². The molecule has 16 heavy (non-hydrogen) atoms. The van der Waals surface area contributed by atoms with E-state index in [9.17, 15) is 4.79 Å². The first-order chi connectivity index (χ1) is 7.50. The Morgan fingerprint density at radius 2 is 1.88 bits per heavy atom. The second kappa shape index (κ2) is 6.08. The Morgan fingerprint density at radius 3 is 2.44 bits per heavy atom. The van der Waals surface area contributed by atoms with Crippen molar-refractivity contribution in [3.8, 4) is 0 Å². The lowest BCUT2D eigenvalue weighted by molar-refractivity contribution is 0.246. The minimum Gasteiger partial charge on any atom is -0.335 e. The molecule has 0 heterocycles. The molecule has 1 aromatic carbocycles. The van der Waals surface area contributed by atoms with Gasteiger partial charge in [-0.25, -0.2) is 4.79 Å². The summed E-state index contributed by atoms with van der Waals surface area (Å²) in [7, 11) is 0. The van der Waals surface area contributed by atoms with E-state index in [1.165, 1.54) is 0 Å². The van der Waals surface area contributed by atoms with Crippen LogP contribution in [0.4, 0.5) is 10.5 Å². The summed E-state index contributed by atoms with van der Waals surface area (Å²) in [6.45, 7) is 6.16. The van der Waals surface area contributed by atoms with Gasteiger partial charge >= 0.3 is 6.03 Å². The fourth-order valence-corrected chi connectivity index (χ4v) is 1.62. The molecule has 0 aliphatic heterocycles. The molecular formula is C12H17IN2O. The second-order valence-corrected chi connectivity index (χ2v) is 5.27. The second-order valence-electron chi connectivity index (χ2n) is 4.11. The van der Waals surface area contributed by atoms with Crippen LogP contribution in [0.15, 0.2) is 24.3 Å². The van der Waals surface area contributed by atoms with Crippen molar-refractivity contribution in [1.82, 2.24) is 5.32 Å². The van der Waals surface area contributed by atoms with Crippen molar-refractivity contribution >= 4 is 34.3 Å². The van der Waals surface area contributed by atoms with Gasteiger partial charge in [0.15, 0.2) is 0 Å². The molecule has 0 saturated carbocycles. The first-order valence-corrected chi connectivity index (χ1v) is 6.40. The molecule has 4 heteroatoms. The largest absolute Gasteiger partial charge is 0.335 e. The lowest BCUT2D eigenvalue weighted by atomic mass is 10.1. The van der Waals surface area contributed by atoms with Crippen LogP contribution in [0, 0.1) is 9.49 Å². The number of nitrogens with one attached hydrogen (secondary N) is 2. The number of hydrogen-bond donors (Lipinski definition) is 2. The number of amides is 2. The summed E-state index contributed by atoms with van der Waals surface area (Å²) in [5.41, 5.74) is 0.844. The van der Waals surface area contributed by atoms with Crippen LogP contribution in [0.2, 0.25) is 0 Å². The summed E-state index contributed by atoms with van der Waals surface area (Å²) in [5, 5.41) is 5.74. The Labute approximate surface area is 110 Å². The minimum absolute atomic E-state index is 0.148. The molecule has 1 rings (SSSR count). The lowest BCUT2D eigenvalue weighted by Gasteiger charge is -2.18. The molecule has 0 aliphatic rings. The number of hydrogen-bond acceptors (Lipinski definition) is 1. The predicted octanol–water partition coefficient (Wildman–Crippen LogP) is 3.46. The van der Waals surface area contributed by atoms with Crippen LogP contribution in [0.5, 0.6) is 0 Å². The van der Waals surface area contributed by atoms with E-state index >= 15 is 0 Å². The quantitative estimate of drug-likeness (QED) is 0.818. The number of benzene rings is 1. The fourth-order valence-electron chi connectivity index (χ4n) is 1.09. The van der Waals surface area contributed by atoms with Gasteiger partial charge in [-0.3, -0.25) is 0 Å². The first-order valence-electron chi connectivity index (χ1n) is 5.32. The van der Waals surface area contributed by atoms with Crippen molar-refractivity contribution in [3.63, 3.8) is 0 Å². The number of rotatable bonds is 3. The standard InChI is InChI=1S/C12H17IN2O/c1-8(2)9(3)14-12(16)15-11-7-5-4-6-10(11)13/h4-9H,1-3H3,(H2,14,15,16). The topological polar surface area (TPSA) is 41.1 Å². The number of carbonyl (C=O) groups excluding carboxylic acids is 1. The van der Waals surface area contributed by atoms with Gasteiger partial charge in [0.1, 0.15) is 0 Å². The zero-order valence-corrected chi connectivity index (χ0v) is 11.9. The molecule has 0 bridgehead atoms. The van der Waals surface area contributed by atoms with Gasteiger partial charge in [0, 0.05) is 9.61 Å².